The molecule has 1 rings (SSSR count). The number of rotatable bonds is 6. The Bertz CT molecular complexity index is 567. The SMILES string of the molecule is CCC(NS(=O)(=O)c1ccc(OC)c(C)c1)C(=O)O. The number of benzene rings is 1. The molecule has 0 aliphatic carbocycles. The third-order valence-electron chi connectivity index (χ3n) is 2.68. The Morgan fingerprint density at radius 2 is 2.11 bits per heavy atom. The van der Waals surface area contributed by atoms with Crippen LogP contribution in [0.1, 0.15) is 18.9 Å². The van der Waals surface area contributed by atoms with Crippen molar-refractivity contribution in [3.05, 3.63) is 23.8 Å². The maximum atomic E-state index is 12.0. The van der Waals surface area contributed by atoms with Gasteiger partial charge in [-0.3, -0.25) is 4.79 Å². The molecule has 7 heteroatoms. The highest BCUT2D eigenvalue weighted by atomic mass is 32.2. The van der Waals surface area contributed by atoms with Gasteiger partial charge in [0.15, 0.2) is 0 Å². The van der Waals surface area contributed by atoms with Gasteiger partial charge in [-0.2, -0.15) is 4.72 Å². The summed E-state index contributed by atoms with van der Waals surface area (Å²) in [5.74, 6) is -0.625. The fourth-order valence-electron chi connectivity index (χ4n) is 1.58. The van der Waals surface area contributed by atoms with Gasteiger partial charge >= 0.3 is 5.97 Å². The molecule has 0 fully saturated rings. The number of ether oxygens (including phenoxy) is 1. The Hall–Kier alpha value is -1.60. The molecule has 1 aromatic carbocycles. The Balaban J connectivity index is 3.07. The first-order valence-electron chi connectivity index (χ1n) is 5.71. The molecule has 2 N–H and O–H groups in total. The average Bonchev–Trinajstić information content (AvgIpc) is 2.35. The van der Waals surface area contributed by atoms with Gasteiger partial charge in [-0.05, 0) is 37.1 Å². The van der Waals surface area contributed by atoms with Crippen molar-refractivity contribution in [2.45, 2.75) is 31.2 Å². The lowest BCUT2D eigenvalue weighted by molar-refractivity contribution is -0.139. The number of methoxy groups -OCH3 is 1. The highest BCUT2D eigenvalue weighted by Gasteiger charge is 2.24. The number of carboxylic acid groups (broad SMARTS) is 1. The zero-order valence-corrected chi connectivity index (χ0v) is 11.8. The molecular formula is C12H17NO5S. The van der Waals surface area contributed by atoms with Crippen molar-refractivity contribution in [3.63, 3.8) is 0 Å². The van der Waals surface area contributed by atoms with E-state index in [0.717, 1.165) is 0 Å². The second-order valence-corrected chi connectivity index (χ2v) is 5.77. The number of sulfonamides is 1. The number of hydrogen-bond acceptors (Lipinski definition) is 4. The van der Waals surface area contributed by atoms with Gasteiger partial charge in [-0.15, -0.1) is 0 Å². The van der Waals surface area contributed by atoms with Crippen LogP contribution in [0.15, 0.2) is 23.1 Å². The summed E-state index contributed by atoms with van der Waals surface area (Å²) in [4.78, 5) is 10.9. The monoisotopic (exact) mass is 287 g/mol. The van der Waals surface area contributed by atoms with Gasteiger partial charge in [0.25, 0.3) is 0 Å². The van der Waals surface area contributed by atoms with Gasteiger partial charge in [-0.1, -0.05) is 6.92 Å². The molecule has 0 spiro atoms. The smallest absolute Gasteiger partial charge is 0.321 e. The van der Waals surface area contributed by atoms with Crippen LogP contribution in [0.3, 0.4) is 0 Å². The molecule has 0 heterocycles. The fourth-order valence-corrected chi connectivity index (χ4v) is 2.94. The second-order valence-electron chi connectivity index (χ2n) is 4.05. The van der Waals surface area contributed by atoms with Gasteiger partial charge < -0.3 is 9.84 Å². The highest BCUT2D eigenvalue weighted by Crippen LogP contribution is 2.21. The molecule has 1 atom stereocenters. The van der Waals surface area contributed by atoms with E-state index < -0.39 is 22.0 Å². The summed E-state index contributed by atoms with van der Waals surface area (Å²) >= 11 is 0. The number of hydrogen-bond donors (Lipinski definition) is 2. The average molecular weight is 287 g/mol. The first kappa shape index (κ1) is 15.5. The van der Waals surface area contributed by atoms with Crippen molar-refractivity contribution < 1.29 is 23.1 Å². The Labute approximate surface area is 112 Å². The van der Waals surface area contributed by atoms with Gasteiger partial charge in [-0.25, -0.2) is 8.42 Å². The molecule has 0 saturated carbocycles. The number of aliphatic carboxylic acids is 1. The summed E-state index contributed by atoms with van der Waals surface area (Å²) < 4.78 is 31.3. The Kier molecular flexibility index (Phi) is 4.90. The summed E-state index contributed by atoms with van der Waals surface area (Å²) in [7, 11) is -2.36. The normalized spacial score (nSPS) is 13.0. The predicted molar refractivity (Wildman–Crippen MR) is 69.8 cm³/mol. The standard InChI is InChI=1S/C12H17NO5S/c1-4-10(12(14)15)13-19(16,17)9-5-6-11(18-3)8(2)7-9/h5-7,10,13H,4H2,1-3H3,(H,14,15). The summed E-state index contributed by atoms with van der Waals surface area (Å²) in [6, 6.07) is 3.22. The first-order chi connectivity index (χ1) is 8.81. The molecule has 0 aromatic heterocycles. The maximum absolute atomic E-state index is 12.0. The summed E-state index contributed by atoms with van der Waals surface area (Å²) in [6.07, 6.45) is 0.170. The van der Waals surface area contributed by atoms with Gasteiger partial charge in [0.2, 0.25) is 10.0 Å². The van der Waals surface area contributed by atoms with Crippen molar-refractivity contribution in [1.29, 1.82) is 0 Å². The largest absolute Gasteiger partial charge is 0.496 e. The van der Waals surface area contributed by atoms with E-state index in [1.165, 1.54) is 25.3 Å². The molecular weight excluding hydrogens is 270 g/mol. The van der Waals surface area contributed by atoms with Gasteiger partial charge in [0, 0.05) is 0 Å². The van der Waals surface area contributed by atoms with Crippen molar-refractivity contribution in [3.8, 4) is 5.75 Å². The lowest BCUT2D eigenvalue weighted by atomic mass is 10.2. The molecule has 6 nitrogen and oxygen atoms in total. The summed E-state index contributed by atoms with van der Waals surface area (Å²) in [5, 5.41) is 8.87. The zero-order valence-electron chi connectivity index (χ0n) is 11.0. The molecule has 0 aliphatic heterocycles. The summed E-state index contributed by atoms with van der Waals surface area (Å²) in [6.45, 7) is 3.31. The van der Waals surface area contributed by atoms with E-state index in [1.54, 1.807) is 13.8 Å². The van der Waals surface area contributed by atoms with E-state index in [9.17, 15) is 13.2 Å². The Morgan fingerprint density at radius 1 is 1.47 bits per heavy atom. The van der Waals surface area contributed by atoms with Crippen LogP contribution in [0.2, 0.25) is 0 Å². The molecule has 0 radical (unpaired) electrons. The third-order valence-corrected chi connectivity index (χ3v) is 4.15. The van der Waals surface area contributed by atoms with Crippen LogP contribution in [0.25, 0.3) is 0 Å². The lowest BCUT2D eigenvalue weighted by Gasteiger charge is -2.13. The summed E-state index contributed by atoms with van der Waals surface area (Å²) in [5.41, 5.74) is 0.661. The lowest BCUT2D eigenvalue weighted by Crippen LogP contribution is -2.40. The van der Waals surface area contributed by atoms with Gasteiger partial charge in [0.05, 0.1) is 12.0 Å². The van der Waals surface area contributed by atoms with Crippen LogP contribution in [0.4, 0.5) is 0 Å². The second kappa shape index (κ2) is 6.03. The van der Waals surface area contributed by atoms with Crippen LogP contribution in [-0.4, -0.2) is 32.6 Å². The molecule has 19 heavy (non-hydrogen) atoms. The van der Waals surface area contributed by atoms with Crippen molar-refractivity contribution in [2.75, 3.05) is 7.11 Å². The minimum Gasteiger partial charge on any atom is -0.496 e. The third kappa shape index (κ3) is 3.68. The quantitative estimate of drug-likeness (QED) is 0.818. The van der Waals surface area contributed by atoms with Crippen LogP contribution in [0, 0.1) is 6.92 Å². The van der Waals surface area contributed by atoms with E-state index in [-0.39, 0.29) is 11.3 Å². The maximum Gasteiger partial charge on any atom is 0.321 e. The molecule has 1 aromatic rings. The molecule has 0 aliphatic rings. The van der Waals surface area contributed by atoms with Crippen LogP contribution in [-0.2, 0) is 14.8 Å². The molecule has 1 unspecified atom stereocenters. The fraction of sp³-hybridized carbons (Fsp3) is 0.417. The van der Waals surface area contributed by atoms with E-state index in [0.29, 0.717) is 11.3 Å². The van der Waals surface area contributed by atoms with Crippen LogP contribution < -0.4 is 9.46 Å². The van der Waals surface area contributed by atoms with E-state index in [1.807, 2.05) is 0 Å². The zero-order chi connectivity index (χ0) is 14.6. The van der Waals surface area contributed by atoms with Crippen molar-refractivity contribution in [2.24, 2.45) is 0 Å². The topological polar surface area (TPSA) is 92.7 Å². The highest BCUT2D eigenvalue weighted by molar-refractivity contribution is 7.89. The van der Waals surface area contributed by atoms with E-state index in [2.05, 4.69) is 4.72 Å². The minimum absolute atomic E-state index is 0.0190. The van der Waals surface area contributed by atoms with Crippen molar-refractivity contribution in [1.82, 2.24) is 4.72 Å². The van der Waals surface area contributed by atoms with Crippen LogP contribution in [0.5, 0.6) is 5.75 Å². The predicted octanol–water partition coefficient (Wildman–Crippen LogP) is 1.15. The number of aryl methyl sites for hydroxylation is 1. The van der Waals surface area contributed by atoms with E-state index in [4.69, 9.17) is 9.84 Å². The Morgan fingerprint density at radius 3 is 2.53 bits per heavy atom. The van der Waals surface area contributed by atoms with Crippen molar-refractivity contribution >= 4 is 16.0 Å². The number of carboxylic acids is 1. The minimum atomic E-state index is -3.85. The van der Waals surface area contributed by atoms with E-state index >= 15 is 0 Å². The molecule has 0 saturated heterocycles. The molecule has 106 valence electrons. The molecule has 0 amide bonds. The molecule has 0 bridgehead atoms. The number of carbonyl (C=O) groups is 1. The van der Waals surface area contributed by atoms with Gasteiger partial charge in [0.1, 0.15) is 11.8 Å². The first-order valence-corrected chi connectivity index (χ1v) is 7.20. The van der Waals surface area contributed by atoms with Crippen LogP contribution >= 0.6 is 0 Å². The number of nitrogens with one attached hydrogen (secondary N) is 1.